The van der Waals surface area contributed by atoms with Gasteiger partial charge in [-0.3, -0.25) is 0 Å². The second-order valence-corrected chi connectivity index (χ2v) is 5.37. The van der Waals surface area contributed by atoms with E-state index in [1.807, 2.05) is 26.2 Å². The molecule has 1 atom stereocenters. The molecule has 0 bridgehead atoms. The summed E-state index contributed by atoms with van der Waals surface area (Å²) < 4.78 is 7.77. The molecule has 108 valence electrons. The Morgan fingerprint density at radius 2 is 2.05 bits per heavy atom. The normalized spacial score (nSPS) is 12.4. The lowest BCUT2D eigenvalue weighted by atomic mass is 10.0. The molecule has 0 saturated carbocycles. The van der Waals surface area contributed by atoms with Gasteiger partial charge >= 0.3 is 0 Å². The van der Waals surface area contributed by atoms with Crippen LogP contribution in [0.1, 0.15) is 23.7 Å². The SMILES string of the molecule is CNC(CCc1ccc(OC)cc1)c1c(Br)nnn1C. The second-order valence-electron chi connectivity index (χ2n) is 4.62. The number of hydrogen-bond acceptors (Lipinski definition) is 4. The number of benzene rings is 1. The zero-order valence-electron chi connectivity index (χ0n) is 11.9. The predicted molar refractivity (Wildman–Crippen MR) is 81.8 cm³/mol. The molecule has 1 aromatic heterocycles. The van der Waals surface area contributed by atoms with Gasteiger partial charge in [0, 0.05) is 7.05 Å². The van der Waals surface area contributed by atoms with Crippen LogP contribution in [0.15, 0.2) is 28.9 Å². The van der Waals surface area contributed by atoms with Crippen LogP contribution in [-0.2, 0) is 13.5 Å². The van der Waals surface area contributed by atoms with Crippen molar-refractivity contribution in [3.05, 3.63) is 40.1 Å². The number of nitrogens with zero attached hydrogens (tertiary/aromatic N) is 3. The van der Waals surface area contributed by atoms with Gasteiger partial charge in [0.05, 0.1) is 18.8 Å². The number of aryl methyl sites for hydroxylation is 2. The minimum Gasteiger partial charge on any atom is -0.497 e. The van der Waals surface area contributed by atoms with Crippen LogP contribution in [0.25, 0.3) is 0 Å². The smallest absolute Gasteiger partial charge is 0.153 e. The molecule has 2 rings (SSSR count). The minimum absolute atomic E-state index is 0.214. The van der Waals surface area contributed by atoms with E-state index in [4.69, 9.17) is 4.74 Å². The minimum atomic E-state index is 0.214. The quantitative estimate of drug-likeness (QED) is 0.879. The van der Waals surface area contributed by atoms with Gasteiger partial charge < -0.3 is 10.1 Å². The van der Waals surface area contributed by atoms with E-state index in [1.165, 1.54) is 5.56 Å². The van der Waals surface area contributed by atoms with Crippen LogP contribution in [0.2, 0.25) is 0 Å². The number of halogens is 1. The second kappa shape index (κ2) is 6.85. The van der Waals surface area contributed by atoms with Gasteiger partial charge in [0.1, 0.15) is 5.75 Å². The summed E-state index contributed by atoms with van der Waals surface area (Å²) in [5, 5.41) is 11.4. The van der Waals surface area contributed by atoms with Gasteiger partial charge in [0.2, 0.25) is 0 Å². The maximum absolute atomic E-state index is 5.17. The standard InChI is InChI=1S/C14H19BrN4O/c1-16-12(13-14(15)17-18-19(13)2)9-6-10-4-7-11(20-3)8-5-10/h4-5,7-8,12,16H,6,9H2,1-3H3. The van der Waals surface area contributed by atoms with E-state index in [9.17, 15) is 0 Å². The van der Waals surface area contributed by atoms with E-state index < -0.39 is 0 Å². The number of rotatable bonds is 6. The summed E-state index contributed by atoms with van der Waals surface area (Å²) in [6, 6.07) is 8.40. The van der Waals surface area contributed by atoms with Crippen LogP contribution in [0.5, 0.6) is 5.75 Å². The van der Waals surface area contributed by atoms with E-state index in [0.29, 0.717) is 0 Å². The summed E-state index contributed by atoms with van der Waals surface area (Å²) in [6.45, 7) is 0. The van der Waals surface area contributed by atoms with Crippen molar-refractivity contribution in [2.45, 2.75) is 18.9 Å². The first-order chi connectivity index (χ1) is 9.65. The van der Waals surface area contributed by atoms with Crippen molar-refractivity contribution in [3.63, 3.8) is 0 Å². The fraction of sp³-hybridized carbons (Fsp3) is 0.429. The highest BCUT2D eigenvalue weighted by Gasteiger charge is 2.18. The molecule has 0 aliphatic heterocycles. The number of nitrogens with one attached hydrogen (secondary N) is 1. The Bertz CT molecular complexity index is 533. The molecule has 5 nitrogen and oxygen atoms in total. The summed E-state index contributed by atoms with van der Waals surface area (Å²) in [6.07, 6.45) is 1.95. The summed E-state index contributed by atoms with van der Waals surface area (Å²) in [7, 11) is 5.54. The lowest BCUT2D eigenvalue weighted by Gasteiger charge is -2.16. The molecule has 20 heavy (non-hydrogen) atoms. The van der Waals surface area contributed by atoms with E-state index in [0.717, 1.165) is 28.9 Å². The Morgan fingerprint density at radius 3 is 2.55 bits per heavy atom. The Balaban J connectivity index is 2.03. The lowest BCUT2D eigenvalue weighted by molar-refractivity contribution is 0.414. The highest BCUT2D eigenvalue weighted by Crippen LogP contribution is 2.24. The van der Waals surface area contributed by atoms with E-state index >= 15 is 0 Å². The molecule has 0 fully saturated rings. The maximum atomic E-state index is 5.17. The van der Waals surface area contributed by atoms with Gasteiger partial charge in [-0.05, 0) is 53.5 Å². The Hall–Kier alpha value is -1.40. The Morgan fingerprint density at radius 1 is 1.35 bits per heavy atom. The first kappa shape index (κ1) is 15.0. The van der Waals surface area contributed by atoms with Gasteiger partial charge in [-0.1, -0.05) is 17.3 Å². The number of hydrogen-bond donors (Lipinski definition) is 1. The van der Waals surface area contributed by atoms with Crippen molar-refractivity contribution in [1.29, 1.82) is 0 Å². The van der Waals surface area contributed by atoms with E-state index in [1.54, 1.807) is 11.8 Å². The van der Waals surface area contributed by atoms with Gasteiger partial charge in [-0.2, -0.15) is 0 Å². The van der Waals surface area contributed by atoms with Crippen molar-refractivity contribution in [3.8, 4) is 5.75 Å². The monoisotopic (exact) mass is 338 g/mol. The maximum Gasteiger partial charge on any atom is 0.153 e. The Labute approximate surface area is 127 Å². The predicted octanol–water partition coefficient (Wildman–Crippen LogP) is 2.48. The van der Waals surface area contributed by atoms with Crippen molar-refractivity contribution >= 4 is 15.9 Å². The molecule has 2 aromatic rings. The summed E-state index contributed by atoms with van der Waals surface area (Å²) in [4.78, 5) is 0. The average molecular weight is 339 g/mol. The third-order valence-electron chi connectivity index (χ3n) is 3.39. The molecular weight excluding hydrogens is 320 g/mol. The van der Waals surface area contributed by atoms with Gasteiger partial charge in [0.25, 0.3) is 0 Å². The molecule has 0 aliphatic rings. The summed E-state index contributed by atoms with van der Waals surface area (Å²) >= 11 is 3.45. The fourth-order valence-corrected chi connectivity index (χ4v) is 2.83. The molecule has 0 saturated heterocycles. The van der Waals surface area contributed by atoms with Crippen molar-refractivity contribution in [1.82, 2.24) is 20.3 Å². The molecule has 1 N–H and O–H groups in total. The van der Waals surface area contributed by atoms with Crippen molar-refractivity contribution in [2.75, 3.05) is 14.2 Å². The number of ether oxygens (including phenoxy) is 1. The molecule has 0 radical (unpaired) electrons. The van der Waals surface area contributed by atoms with Crippen LogP contribution in [0.3, 0.4) is 0 Å². The zero-order valence-corrected chi connectivity index (χ0v) is 13.5. The molecule has 0 aliphatic carbocycles. The van der Waals surface area contributed by atoms with E-state index in [2.05, 4.69) is 43.7 Å². The third kappa shape index (κ3) is 3.37. The van der Waals surface area contributed by atoms with Crippen LogP contribution >= 0.6 is 15.9 Å². The molecule has 6 heteroatoms. The number of aromatic nitrogens is 3. The molecule has 1 heterocycles. The third-order valence-corrected chi connectivity index (χ3v) is 3.95. The molecule has 0 amide bonds. The summed E-state index contributed by atoms with van der Waals surface area (Å²) in [5.74, 6) is 0.887. The van der Waals surface area contributed by atoms with E-state index in [-0.39, 0.29) is 6.04 Å². The largest absolute Gasteiger partial charge is 0.497 e. The van der Waals surface area contributed by atoms with Crippen LogP contribution in [-0.4, -0.2) is 29.2 Å². The lowest BCUT2D eigenvalue weighted by Crippen LogP contribution is -2.20. The highest BCUT2D eigenvalue weighted by molar-refractivity contribution is 9.10. The first-order valence-corrected chi connectivity index (χ1v) is 7.30. The van der Waals surface area contributed by atoms with Gasteiger partial charge in [-0.25, -0.2) is 4.68 Å². The van der Waals surface area contributed by atoms with Gasteiger partial charge in [0.15, 0.2) is 4.60 Å². The highest BCUT2D eigenvalue weighted by atomic mass is 79.9. The zero-order chi connectivity index (χ0) is 14.5. The molecule has 1 aromatic carbocycles. The topological polar surface area (TPSA) is 52.0 Å². The first-order valence-electron chi connectivity index (χ1n) is 6.51. The fourth-order valence-electron chi connectivity index (χ4n) is 2.23. The number of methoxy groups -OCH3 is 1. The summed E-state index contributed by atoms with van der Waals surface area (Å²) in [5.41, 5.74) is 2.36. The average Bonchev–Trinajstić information content (AvgIpc) is 2.81. The van der Waals surface area contributed by atoms with Gasteiger partial charge in [-0.15, -0.1) is 5.10 Å². The Kier molecular flexibility index (Phi) is 5.14. The van der Waals surface area contributed by atoms with Crippen LogP contribution in [0, 0.1) is 0 Å². The van der Waals surface area contributed by atoms with Crippen LogP contribution in [0.4, 0.5) is 0 Å². The molecular formula is C14H19BrN4O. The van der Waals surface area contributed by atoms with Crippen molar-refractivity contribution < 1.29 is 4.74 Å². The van der Waals surface area contributed by atoms with Crippen molar-refractivity contribution in [2.24, 2.45) is 7.05 Å². The molecule has 0 spiro atoms. The van der Waals surface area contributed by atoms with Crippen LogP contribution < -0.4 is 10.1 Å². The molecule has 1 unspecified atom stereocenters.